The zero-order valence-electron chi connectivity index (χ0n) is 15.9. The number of ether oxygens (including phenoxy) is 1. The first kappa shape index (κ1) is 18.0. The van der Waals surface area contributed by atoms with Crippen molar-refractivity contribution in [1.29, 1.82) is 0 Å². The van der Waals surface area contributed by atoms with Crippen LogP contribution in [0.4, 0.5) is 0 Å². The summed E-state index contributed by atoms with van der Waals surface area (Å²) >= 11 is 3.27. The second-order valence-corrected chi connectivity index (χ2v) is 8.91. The molecule has 1 aliphatic carbocycles. The fraction of sp³-hybridized carbons (Fsp3) is 0.550. The van der Waals surface area contributed by atoms with Crippen LogP contribution in [0.1, 0.15) is 62.8 Å². The first-order valence-corrected chi connectivity index (χ1v) is 11.5. The van der Waals surface area contributed by atoms with Gasteiger partial charge in [-0.2, -0.15) is 4.98 Å². The number of unbranched alkanes of at least 4 members (excludes halogenated alkanes) is 1. The summed E-state index contributed by atoms with van der Waals surface area (Å²) in [7, 11) is 0. The summed E-state index contributed by atoms with van der Waals surface area (Å²) in [6.45, 7) is 7.36. The van der Waals surface area contributed by atoms with Crippen LogP contribution in [0.5, 0.6) is 5.88 Å². The van der Waals surface area contributed by atoms with Crippen molar-refractivity contribution in [1.82, 2.24) is 15.0 Å². The van der Waals surface area contributed by atoms with E-state index in [1.807, 2.05) is 6.26 Å². The molecule has 0 amide bonds. The molecule has 138 valence electrons. The van der Waals surface area contributed by atoms with Gasteiger partial charge in [-0.1, -0.05) is 39.0 Å². The van der Waals surface area contributed by atoms with Crippen LogP contribution in [0, 0.1) is 0 Å². The highest BCUT2D eigenvalue weighted by Gasteiger charge is 2.26. The second-order valence-electron chi connectivity index (χ2n) is 7.14. The van der Waals surface area contributed by atoms with Gasteiger partial charge in [0, 0.05) is 11.1 Å². The summed E-state index contributed by atoms with van der Waals surface area (Å²) < 4.78 is 7.10. The van der Waals surface area contributed by atoms with Gasteiger partial charge in [0.15, 0.2) is 5.16 Å². The van der Waals surface area contributed by atoms with E-state index in [1.54, 1.807) is 23.1 Å². The van der Waals surface area contributed by atoms with Gasteiger partial charge in [0.2, 0.25) is 5.88 Å². The number of rotatable bonds is 6. The highest BCUT2D eigenvalue weighted by atomic mass is 32.2. The molecule has 26 heavy (non-hydrogen) atoms. The zero-order valence-corrected chi connectivity index (χ0v) is 17.5. The average Bonchev–Trinajstić information content (AvgIpc) is 3.24. The minimum Gasteiger partial charge on any atom is -0.477 e. The molecule has 0 saturated carbocycles. The number of pyridine rings is 1. The number of aryl methyl sites for hydroxylation is 1. The maximum atomic E-state index is 6.05. The van der Waals surface area contributed by atoms with E-state index < -0.39 is 0 Å². The van der Waals surface area contributed by atoms with Crippen LogP contribution in [-0.2, 0) is 12.8 Å². The molecule has 0 radical (unpaired) electrons. The molecule has 4 nitrogen and oxygen atoms in total. The number of thiophene rings is 1. The van der Waals surface area contributed by atoms with Gasteiger partial charge < -0.3 is 4.74 Å². The molecule has 0 N–H and O–H groups in total. The van der Waals surface area contributed by atoms with Gasteiger partial charge in [-0.05, 0) is 49.0 Å². The van der Waals surface area contributed by atoms with Crippen LogP contribution in [0.15, 0.2) is 5.16 Å². The van der Waals surface area contributed by atoms with Crippen molar-refractivity contribution in [2.75, 3.05) is 12.9 Å². The van der Waals surface area contributed by atoms with Gasteiger partial charge in [-0.3, -0.25) is 0 Å². The Morgan fingerprint density at radius 1 is 1.15 bits per heavy atom. The highest BCUT2D eigenvalue weighted by Crippen LogP contribution is 2.43. The van der Waals surface area contributed by atoms with Crippen LogP contribution in [-0.4, -0.2) is 27.8 Å². The molecule has 3 aromatic rings. The molecule has 0 atom stereocenters. The zero-order chi connectivity index (χ0) is 18.3. The van der Waals surface area contributed by atoms with Crippen molar-refractivity contribution < 1.29 is 4.74 Å². The predicted molar refractivity (Wildman–Crippen MR) is 111 cm³/mol. The summed E-state index contributed by atoms with van der Waals surface area (Å²) in [5, 5.41) is 2.03. The fourth-order valence-electron chi connectivity index (χ4n) is 3.73. The summed E-state index contributed by atoms with van der Waals surface area (Å²) in [6, 6.07) is 0. The minimum atomic E-state index is 0.449. The molecule has 4 rings (SSSR count). The third kappa shape index (κ3) is 2.97. The summed E-state index contributed by atoms with van der Waals surface area (Å²) in [5.74, 6) is 1.18. The number of nitrogens with zero attached hydrogens (tertiary/aromatic N) is 3. The molecular formula is C20H25N3OS2. The molecule has 0 aromatic carbocycles. The lowest BCUT2D eigenvalue weighted by Gasteiger charge is -2.12. The molecule has 3 aromatic heterocycles. The number of hydrogen-bond acceptors (Lipinski definition) is 6. The summed E-state index contributed by atoms with van der Waals surface area (Å²) in [4.78, 5) is 15.7. The van der Waals surface area contributed by atoms with Gasteiger partial charge in [0.05, 0.1) is 12.1 Å². The van der Waals surface area contributed by atoms with Gasteiger partial charge in [0.25, 0.3) is 0 Å². The molecule has 6 heteroatoms. The molecule has 0 aliphatic heterocycles. The van der Waals surface area contributed by atoms with Gasteiger partial charge in [-0.25, -0.2) is 9.97 Å². The Labute approximate surface area is 162 Å². The summed E-state index contributed by atoms with van der Waals surface area (Å²) in [6.07, 6.45) is 7.66. The Morgan fingerprint density at radius 2 is 1.96 bits per heavy atom. The molecule has 0 bridgehead atoms. The third-order valence-corrected chi connectivity index (χ3v) is 6.59. The first-order valence-electron chi connectivity index (χ1n) is 9.46. The van der Waals surface area contributed by atoms with E-state index in [1.165, 1.54) is 28.6 Å². The van der Waals surface area contributed by atoms with E-state index in [-0.39, 0.29) is 0 Å². The quantitative estimate of drug-likeness (QED) is 0.306. The Bertz CT molecular complexity index is 965. The molecule has 0 saturated heterocycles. The standard InChI is InChI=1S/C20H25N3OS2/c1-5-6-10-24-18-17-16(22-20(23-18)25-4)14-12-8-7-9-13(12)15(11(2)3)21-19(14)26-17/h11H,5-10H2,1-4H3. The van der Waals surface area contributed by atoms with Crippen molar-refractivity contribution in [2.24, 2.45) is 0 Å². The lowest BCUT2D eigenvalue weighted by molar-refractivity contribution is 0.299. The maximum Gasteiger partial charge on any atom is 0.235 e. The van der Waals surface area contributed by atoms with Crippen LogP contribution in [0.25, 0.3) is 20.4 Å². The number of fused-ring (bicyclic) bond motifs is 5. The van der Waals surface area contributed by atoms with Gasteiger partial charge in [0.1, 0.15) is 9.53 Å². The Hall–Kier alpha value is -1.40. The van der Waals surface area contributed by atoms with Crippen molar-refractivity contribution in [2.45, 2.75) is 63.9 Å². The van der Waals surface area contributed by atoms with Crippen molar-refractivity contribution in [3.63, 3.8) is 0 Å². The number of hydrogen-bond donors (Lipinski definition) is 0. The fourth-order valence-corrected chi connectivity index (χ4v) is 5.18. The van der Waals surface area contributed by atoms with Crippen LogP contribution in [0.2, 0.25) is 0 Å². The largest absolute Gasteiger partial charge is 0.477 e. The number of aromatic nitrogens is 3. The Balaban J connectivity index is 1.98. The van der Waals surface area contributed by atoms with E-state index >= 15 is 0 Å². The van der Waals surface area contributed by atoms with Crippen LogP contribution < -0.4 is 4.74 Å². The SMILES string of the molecule is CCCCOc1nc(SC)nc2c1sc1nc(C(C)C)c3c(c12)CCC3. The number of thioether (sulfide) groups is 1. The highest BCUT2D eigenvalue weighted by molar-refractivity contribution is 7.98. The molecule has 0 fully saturated rings. The van der Waals surface area contributed by atoms with Gasteiger partial charge >= 0.3 is 0 Å². The molecule has 3 heterocycles. The normalized spacial score (nSPS) is 13.9. The first-order chi connectivity index (χ1) is 12.6. The topological polar surface area (TPSA) is 47.9 Å². The van der Waals surface area contributed by atoms with E-state index in [4.69, 9.17) is 14.7 Å². The van der Waals surface area contributed by atoms with Gasteiger partial charge in [-0.15, -0.1) is 11.3 Å². The second kappa shape index (κ2) is 7.31. The minimum absolute atomic E-state index is 0.449. The van der Waals surface area contributed by atoms with E-state index in [2.05, 4.69) is 25.8 Å². The molecule has 1 aliphatic rings. The average molecular weight is 388 g/mol. The van der Waals surface area contributed by atoms with Crippen molar-refractivity contribution in [3.8, 4) is 5.88 Å². The molecular weight excluding hydrogens is 362 g/mol. The van der Waals surface area contributed by atoms with Crippen LogP contribution >= 0.6 is 23.1 Å². The molecule has 0 unspecified atom stereocenters. The maximum absolute atomic E-state index is 6.05. The van der Waals surface area contributed by atoms with E-state index in [0.717, 1.165) is 51.8 Å². The van der Waals surface area contributed by atoms with Crippen molar-refractivity contribution >= 4 is 43.5 Å². The van der Waals surface area contributed by atoms with E-state index in [0.29, 0.717) is 12.5 Å². The van der Waals surface area contributed by atoms with Crippen LogP contribution in [0.3, 0.4) is 0 Å². The van der Waals surface area contributed by atoms with Crippen molar-refractivity contribution in [3.05, 3.63) is 16.8 Å². The monoisotopic (exact) mass is 387 g/mol. The third-order valence-electron chi connectivity index (χ3n) is 4.98. The predicted octanol–water partition coefficient (Wildman–Crippen LogP) is 5.75. The summed E-state index contributed by atoms with van der Waals surface area (Å²) in [5.41, 5.74) is 5.24. The Kier molecular flexibility index (Phi) is 5.06. The lowest BCUT2D eigenvalue weighted by Crippen LogP contribution is -2.01. The van der Waals surface area contributed by atoms with E-state index in [9.17, 15) is 0 Å². The smallest absolute Gasteiger partial charge is 0.235 e. The lowest BCUT2D eigenvalue weighted by atomic mass is 9.99. The molecule has 0 spiro atoms. The Morgan fingerprint density at radius 3 is 2.69 bits per heavy atom.